The summed E-state index contributed by atoms with van der Waals surface area (Å²) in [7, 11) is 1.64. The standard InChI is InChI=1S/C18H24N2O3/c1-13-5-4-10-20(12-13)17(21)18(2)11-16(19-23-18)14-6-8-15(22-3)9-7-14/h6-9,13H,4-5,10-12H2,1-3H3/t13-,18-/m0/s1. The predicted octanol–water partition coefficient (Wildman–Crippen LogP) is 2.84. The summed E-state index contributed by atoms with van der Waals surface area (Å²) in [5.41, 5.74) is 0.898. The van der Waals surface area contributed by atoms with Crippen molar-refractivity contribution < 1.29 is 14.4 Å². The van der Waals surface area contributed by atoms with Crippen molar-refractivity contribution in [3.05, 3.63) is 29.8 Å². The van der Waals surface area contributed by atoms with Crippen LogP contribution < -0.4 is 4.74 Å². The normalized spacial score (nSPS) is 27.3. The van der Waals surface area contributed by atoms with E-state index < -0.39 is 5.60 Å². The molecule has 1 saturated heterocycles. The zero-order valence-corrected chi connectivity index (χ0v) is 14.0. The molecule has 3 rings (SSSR count). The molecule has 2 aliphatic rings. The van der Waals surface area contributed by atoms with Gasteiger partial charge in [-0.25, -0.2) is 0 Å². The minimum atomic E-state index is -0.883. The van der Waals surface area contributed by atoms with Gasteiger partial charge in [-0.3, -0.25) is 4.79 Å². The van der Waals surface area contributed by atoms with E-state index in [-0.39, 0.29) is 5.91 Å². The number of piperidine rings is 1. The van der Waals surface area contributed by atoms with Crippen LogP contribution in [-0.4, -0.2) is 42.3 Å². The third kappa shape index (κ3) is 3.19. The summed E-state index contributed by atoms with van der Waals surface area (Å²) in [6.45, 7) is 5.67. The Balaban J connectivity index is 1.69. The van der Waals surface area contributed by atoms with Gasteiger partial charge in [0.25, 0.3) is 5.91 Å². The molecule has 0 aliphatic carbocycles. The largest absolute Gasteiger partial charge is 0.497 e. The van der Waals surface area contributed by atoms with Crippen LogP contribution in [0.3, 0.4) is 0 Å². The Morgan fingerprint density at radius 1 is 1.39 bits per heavy atom. The Morgan fingerprint density at radius 2 is 2.13 bits per heavy atom. The molecule has 1 amide bonds. The zero-order chi connectivity index (χ0) is 16.4. The van der Waals surface area contributed by atoms with Gasteiger partial charge in [-0.15, -0.1) is 0 Å². The highest BCUT2D eigenvalue weighted by Crippen LogP contribution is 2.30. The molecule has 1 aromatic carbocycles. The fourth-order valence-corrected chi connectivity index (χ4v) is 3.30. The number of carbonyl (C=O) groups is 1. The van der Waals surface area contributed by atoms with Crippen LogP contribution in [0.25, 0.3) is 0 Å². The average Bonchev–Trinajstić information content (AvgIpc) is 2.98. The van der Waals surface area contributed by atoms with Gasteiger partial charge in [-0.1, -0.05) is 12.1 Å². The van der Waals surface area contributed by atoms with Crippen molar-refractivity contribution in [2.45, 2.75) is 38.7 Å². The molecule has 2 aliphatic heterocycles. The van der Waals surface area contributed by atoms with Crippen LogP contribution in [0.15, 0.2) is 29.4 Å². The first-order valence-electron chi connectivity index (χ1n) is 8.21. The Kier molecular flexibility index (Phi) is 4.28. The summed E-state index contributed by atoms with van der Waals surface area (Å²) in [6.07, 6.45) is 2.76. The second kappa shape index (κ2) is 6.22. The molecule has 5 nitrogen and oxygen atoms in total. The number of ether oxygens (including phenoxy) is 1. The molecule has 1 fully saturated rings. The molecule has 0 N–H and O–H groups in total. The third-order valence-corrected chi connectivity index (χ3v) is 4.68. The van der Waals surface area contributed by atoms with Crippen LogP contribution in [0, 0.1) is 5.92 Å². The highest BCUT2D eigenvalue weighted by Gasteiger charge is 2.45. The van der Waals surface area contributed by atoms with E-state index in [1.165, 1.54) is 6.42 Å². The van der Waals surface area contributed by atoms with Crippen LogP contribution in [-0.2, 0) is 9.63 Å². The summed E-state index contributed by atoms with van der Waals surface area (Å²) in [5.74, 6) is 1.41. The number of amides is 1. The number of oxime groups is 1. The summed E-state index contributed by atoms with van der Waals surface area (Å²) >= 11 is 0. The third-order valence-electron chi connectivity index (χ3n) is 4.68. The van der Waals surface area contributed by atoms with Crippen molar-refractivity contribution in [1.29, 1.82) is 0 Å². The molecule has 2 heterocycles. The lowest BCUT2D eigenvalue weighted by molar-refractivity contribution is -0.155. The van der Waals surface area contributed by atoms with Crippen molar-refractivity contribution in [3.63, 3.8) is 0 Å². The summed E-state index contributed by atoms with van der Waals surface area (Å²) in [4.78, 5) is 20.4. The quantitative estimate of drug-likeness (QED) is 0.861. The number of methoxy groups -OCH3 is 1. The number of likely N-dealkylation sites (tertiary alicyclic amines) is 1. The SMILES string of the molecule is COc1ccc(C2=NO[C@](C)(C(=O)N3CCC[C@H](C)C3)C2)cc1. The summed E-state index contributed by atoms with van der Waals surface area (Å²) in [5, 5.41) is 4.18. The average molecular weight is 316 g/mol. The van der Waals surface area contributed by atoms with E-state index in [0.717, 1.165) is 36.5 Å². The van der Waals surface area contributed by atoms with E-state index in [4.69, 9.17) is 9.57 Å². The molecular weight excluding hydrogens is 292 g/mol. The lowest BCUT2D eigenvalue weighted by Crippen LogP contribution is -2.50. The minimum absolute atomic E-state index is 0.0521. The highest BCUT2D eigenvalue weighted by molar-refractivity contribution is 6.05. The van der Waals surface area contributed by atoms with Crippen molar-refractivity contribution in [2.24, 2.45) is 11.1 Å². The van der Waals surface area contributed by atoms with Crippen molar-refractivity contribution >= 4 is 11.6 Å². The monoisotopic (exact) mass is 316 g/mol. The molecular formula is C18H24N2O3. The molecule has 2 atom stereocenters. The topological polar surface area (TPSA) is 51.1 Å². The zero-order valence-electron chi connectivity index (χ0n) is 14.0. The molecule has 0 saturated carbocycles. The van der Waals surface area contributed by atoms with Gasteiger partial charge in [0.05, 0.1) is 12.8 Å². The molecule has 0 spiro atoms. The van der Waals surface area contributed by atoms with Crippen molar-refractivity contribution in [2.75, 3.05) is 20.2 Å². The van der Waals surface area contributed by atoms with Crippen LogP contribution in [0.5, 0.6) is 5.75 Å². The van der Waals surface area contributed by atoms with E-state index >= 15 is 0 Å². The number of rotatable bonds is 3. The van der Waals surface area contributed by atoms with Crippen LogP contribution in [0.2, 0.25) is 0 Å². The summed E-state index contributed by atoms with van der Waals surface area (Å²) in [6, 6.07) is 7.67. The number of hydrogen-bond acceptors (Lipinski definition) is 4. The fraction of sp³-hybridized carbons (Fsp3) is 0.556. The van der Waals surface area contributed by atoms with E-state index in [9.17, 15) is 4.79 Å². The molecule has 0 unspecified atom stereocenters. The first-order valence-corrected chi connectivity index (χ1v) is 8.21. The molecule has 23 heavy (non-hydrogen) atoms. The minimum Gasteiger partial charge on any atom is -0.497 e. The molecule has 124 valence electrons. The first-order chi connectivity index (χ1) is 11.0. The van der Waals surface area contributed by atoms with Gasteiger partial charge >= 0.3 is 0 Å². The van der Waals surface area contributed by atoms with Crippen molar-refractivity contribution in [3.8, 4) is 5.75 Å². The molecule has 5 heteroatoms. The van der Waals surface area contributed by atoms with E-state index in [0.29, 0.717) is 12.3 Å². The molecule has 1 aromatic rings. The highest BCUT2D eigenvalue weighted by atomic mass is 16.7. The van der Waals surface area contributed by atoms with Crippen LogP contribution in [0.1, 0.15) is 38.7 Å². The first kappa shape index (κ1) is 15.8. The van der Waals surface area contributed by atoms with Gasteiger partial charge in [0.2, 0.25) is 5.60 Å². The molecule has 0 aromatic heterocycles. The van der Waals surface area contributed by atoms with Crippen LogP contribution >= 0.6 is 0 Å². The Labute approximate surface area is 137 Å². The molecule has 0 bridgehead atoms. The van der Waals surface area contributed by atoms with Gasteiger partial charge in [0.15, 0.2) is 0 Å². The lowest BCUT2D eigenvalue weighted by Gasteiger charge is -2.35. The second-order valence-electron chi connectivity index (χ2n) is 6.76. The number of nitrogens with zero attached hydrogens (tertiary/aromatic N) is 2. The summed E-state index contributed by atoms with van der Waals surface area (Å²) < 4.78 is 5.17. The number of benzene rings is 1. The van der Waals surface area contributed by atoms with E-state index in [1.807, 2.05) is 36.1 Å². The smallest absolute Gasteiger partial charge is 0.269 e. The number of carbonyl (C=O) groups excluding carboxylic acids is 1. The Morgan fingerprint density at radius 3 is 2.78 bits per heavy atom. The lowest BCUT2D eigenvalue weighted by atomic mass is 9.92. The van der Waals surface area contributed by atoms with E-state index in [2.05, 4.69) is 12.1 Å². The number of hydrogen-bond donors (Lipinski definition) is 0. The maximum Gasteiger partial charge on any atom is 0.269 e. The Bertz CT molecular complexity index is 611. The van der Waals surface area contributed by atoms with Crippen molar-refractivity contribution in [1.82, 2.24) is 4.90 Å². The molecule has 0 radical (unpaired) electrons. The second-order valence-corrected chi connectivity index (χ2v) is 6.76. The predicted molar refractivity (Wildman–Crippen MR) is 88.6 cm³/mol. The maximum atomic E-state index is 12.9. The van der Waals surface area contributed by atoms with Gasteiger partial charge in [-0.2, -0.15) is 0 Å². The Hall–Kier alpha value is -2.04. The van der Waals surface area contributed by atoms with Gasteiger partial charge in [0, 0.05) is 19.5 Å². The van der Waals surface area contributed by atoms with E-state index in [1.54, 1.807) is 7.11 Å². The van der Waals surface area contributed by atoms with Crippen LogP contribution in [0.4, 0.5) is 0 Å². The fourth-order valence-electron chi connectivity index (χ4n) is 3.30. The maximum absolute atomic E-state index is 12.9. The van der Waals surface area contributed by atoms with Gasteiger partial charge in [0.1, 0.15) is 5.75 Å². The van der Waals surface area contributed by atoms with Gasteiger partial charge < -0.3 is 14.5 Å². The van der Waals surface area contributed by atoms with Gasteiger partial charge in [-0.05, 0) is 55.5 Å².